The van der Waals surface area contributed by atoms with Crippen LogP contribution in [0, 0.1) is 13.8 Å². The molecule has 4 rings (SSSR count). The highest BCUT2D eigenvalue weighted by molar-refractivity contribution is 6.36. The van der Waals surface area contributed by atoms with Gasteiger partial charge in [0.2, 0.25) is 0 Å². The summed E-state index contributed by atoms with van der Waals surface area (Å²) in [6, 6.07) is 14.3. The highest BCUT2D eigenvalue weighted by Crippen LogP contribution is 2.37. The quantitative estimate of drug-likeness (QED) is 0.239. The summed E-state index contributed by atoms with van der Waals surface area (Å²) in [5.74, 6) is -0.346. The van der Waals surface area contributed by atoms with E-state index in [1.54, 1.807) is 0 Å². The second-order valence-corrected chi connectivity index (χ2v) is 11.7. The van der Waals surface area contributed by atoms with Crippen molar-refractivity contribution in [1.82, 2.24) is 15.2 Å². The van der Waals surface area contributed by atoms with Crippen LogP contribution in [0.2, 0.25) is 5.02 Å². The molecule has 232 valence electrons. The topological polar surface area (TPSA) is 97.9 Å². The third-order valence-corrected chi connectivity index (χ3v) is 8.59. The number of aromatic amines is 1. The van der Waals surface area contributed by atoms with Crippen molar-refractivity contribution in [3.05, 3.63) is 85.8 Å². The van der Waals surface area contributed by atoms with Crippen LogP contribution >= 0.6 is 11.6 Å². The number of amides is 1. The molecule has 0 radical (unpaired) electrons. The highest BCUT2D eigenvalue weighted by atomic mass is 35.5. The van der Waals surface area contributed by atoms with E-state index in [4.69, 9.17) is 16.3 Å². The van der Waals surface area contributed by atoms with Gasteiger partial charge >= 0.3 is 0 Å². The fraction of sp³-hybridized carbons (Fsp3) is 0.471. The van der Waals surface area contributed by atoms with Gasteiger partial charge in [0.15, 0.2) is 0 Å². The Hall–Kier alpha value is -3.17. The summed E-state index contributed by atoms with van der Waals surface area (Å²) in [4.78, 5) is 33.7. The largest absolute Gasteiger partial charge is 0.396 e. The number of halogens is 1. The van der Waals surface area contributed by atoms with Gasteiger partial charge in [-0.25, -0.2) is 0 Å². The molecule has 8 nitrogen and oxygen atoms in total. The van der Waals surface area contributed by atoms with Gasteiger partial charge in [-0.1, -0.05) is 49.2 Å². The molecule has 0 spiro atoms. The van der Waals surface area contributed by atoms with Gasteiger partial charge in [-0.15, -0.1) is 0 Å². The van der Waals surface area contributed by atoms with Crippen LogP contribution in [-0.2, 0) is 17.8 Å². The average Bonchev–Trinajstić information content (AvgIpc) is 2.99. The van der Waals surface area contributed by atoms with E-state index >= 15 is 0 Å². The molecule has 1 atom stereocenters. The Balaban J connectivity index is 1.70. The predicted octanol–water partition coefficient (Wildman–Crippen LogP) is 5.45. The first kappa shape index (κ1) is 32.7. The number of rotatable bonds is 13. The lowest BCUT2D eigenvalue weighted by Crippen LogP contribution is -2.36. The number of carbonyl (C=O) groups excluding carboxylic acids is 1. The minimum absolute atomic E-state index is 0.0703. The molecule has 43 heavy (non-hydrogen) atoms. The third-order valence-electron chi connectivity index (χ3n) is 8.19. The van der Waals surface area contributed by atoms with Gasteiger partial charge in [0.05, 0.1) is 29.5 Å². The van der Waals surface area contributed by atoms with Crippen LogP contribution in [0.3, 0.4) is 0 Å². The number of hydrogen-bond donors (Lipinski definition) is 3. The summed E-state index contributed by atoms with van der Waals surface area (Å²) in [5, 5.41) is 13.1. The lowest BCUT2D eigenvalue weighted by atomic mass is 9.98. The molecule has 1 unspecified atom stereocenters. The summed E-state index contributed by atoms with van der Waals surface area (Å²) in [5.41, 5.74) is 6.10. The van der Waals surface area contributed by atoms with E-state index in [9.17, 15) is 14.7 Å². The fourth-order valence-corrected chi connectivity index (χ4v) is 6.20. The molecule has 3 N–H and O–H groups in total. The van der Waals surface area contributed by atoms with Crippen LogP contribution < -0.4 is 15.8 Å². The lowest BCUT2D eigenvalue weighted by Gasteiger charge is -2.34. The van der Waals surface area contributed by atoms with Crippen LogP contribution in [0.4, 0.5) is 5.69 Å². The van der Waals surface area contributed by atoms with Crippen LogP contribution in [-0.4, -0.2) is 66.4 Å². The van der Waals surface area contributed by atoms with Crippen LogP contribution in [0.15, 0.2) is 47.3 Å². The summed E-state index contributed by atoms with van der Waals surface area (Å²) in [6.07, 6.45) is 2.46. The molecule has 3 aromatic rings. The number of aliphatic hydroxyl groups is 1. The first-order chi connectivity index (χ1) is 20.7. The first-order valence-corrected chi connectivity index (χ1v) is 15.7. The number of nitrogens with one attached hydrogen (secondary N) is 2. The van der Waals surface area contributed by atoms with E-state index < -0.39 is 0 Å². The number of nitrogens with zero attached hydrogens (tertiary/aromatic N) is 2. The molecule has 2 heterocycles. The Kier molecular flexibility index (Phi) is 11.8. The molecule has 1 saturated heterocycles. The normalized spacial score (nSPS) is 14.5. The molecule has 9 heteroatoms. The fourth-order valence-electron chi connectivity index (χ4n) is 5.90. The molecule has 1 amide bonds. The number of hydrogen-bond acceptors (Lipinski definition) is 6. The maximum atomic E-state index is 13.7. The smallest absolute Gasteiger partial charge is 0.253 e. The maximum Gasteiger partial charge on any atom is 0.253 e. The molecule has 0 bridgehead atoms. The van der Waals surface area contributed by atoms with Crippen LogP contribution in [0.5, 0.6) is 0 Å². The van der Waals surface area contributed by atoms with E-state index in [1.165, 1.54) is 5.56 Å². The van der Waals surface area contributed by atoms with Crippen molar-refractivity contribution in [2.75, 3.05) is 44.4 Å². The number of aryl methyl sites for hydroxylation is 2. The first-order valence-electron chi connectivity index (χ1n) is 15.3. The zero-order valence-corrected chi connectivity index (χ0v) is 26.6. The molecule has 1 aromatic heterocycles. The summed E-state index contributed by atoms with van der Waals surface area (Å²) < 4.78 is 5.48. The lowest BCUT2D eigenvalue weighted by molar-refractivity contribution is 0.0342. The van der Waals surface area contributed by atoms with Crippen molar-refractivity contribution >= 4 is 23.2 Å². The van der Waals surface area contributed by atoms with Crippen molar-refractivity contribution in [3.63, 3.8) is 0 Å². The van der Waals surface area contributed by atoms with Gasteiger partial charge in [-0.05, 0) is 74.1 Å². The minimum atomic E-state index is -0.346. The number of H-pyrrole nitrogens is 1. The predicted molar refractivity (Wildman–Crippen MR) is 174 cm³/mol. The summed E-state index contributed by atoms with van der Waals surface area (Å²) in [6.45, 7) is 13.0. The van der Waals surface area contributed by atoms with E-state index in [2.05, 4.69) is 64.3 Å². The molecule has 1 aliphatic heterocycles. The Bertz CT molecular complexity index is 1430. The van der Waals surface area contributed by atoms with E-state index in [-0.39, 0.29) is 30.7 Å². The van der Waals surface area contributed by atoms with Gasteiger partial charge in [0.1, 0.15) is 0 Å². The molecule has 1 fully saturated rings. The van der Waals surface area contributed by atoms with Crippen molar-refractivity contribution in [2.45, 2.75) is 66.1 Å². The average molecular weight is 609 g/mol. The number of anilines is 1. The molecular weight excluding hydrogens is 564 g/mol. The van der Waals surface area contributed by atoms with E-state index in [0.717, 1.165) is 73.8 Å². The van der Waals surface area contributed by atoms with E-state index in [1.807, 2.05) is 26.0 Å². The van der Waals surface area contributed by atoms with Crippen LogP contribution in [0.25, 0.3) is 11.1 Å². The molecule has 0 aliphatic carbocycles. The zero-order chi connectivity index (χ0) is 30.9. The van der Waals surface area contributed by atoms with Gasteiger partial charge in [0.25, 0.3) is 11.5 Å². The number of aliphatic hydroxyl groups excluding tert-OH is 1. The molecule has 1 aliphatic rings. The van der Waals surface area contributed by atoms with Crippen LogP contribution in [0.1, 0.15) is 65.9 Å². The van der Waals surface area contributed by atoms with Crippen molar-refractivity contribution in [1.29, 1.82) is 0 Å². The highest BCUT2D eigenvalue weighted by Gasteiger charge is 2.24. The molecule has 2 aromatic carbocycles. The number of ether oxygens (including phenoxy) is 1. The second-order valence-electron chi connectivity index (χ2n) is 11.3. The third kappa shape index (κ3) is 8.26. The number of morpholine rings is 1. The van der Waals surface area contributed by atoms with Crippen molar-refractivity contribution in [2.24, 2.45) is 0 Å². The Morgan fingerprint density at radius 1 is 1.09 bits per heavy atom. The Labute approximate surface area is 260 Å². The summed E-state index contributed by atoms with van der Waals surface area (Å²) in [7, 11) is 0. The second kappa shape index (κ2) is 15.5. The number of carbonyl (C=O) groups is 1. The van der Waals surface area contributed by atoms with Gasteiger partial charge in [-0.2, -0.15) is 0 Å². The Morgan fingerprint density at radius 2 is 1.81 bits per heavy atom. The minimum Gasteiger partial charge on any atom is -0.396 e. The van der Waals surface area contributed by atoms with Gasteiger partial charge < -0.3 is 25.0 Å². The van der Waals surface area contributed by atoms with Crippen molar-refractivity contribution in [3.8, 4) is 11.1 Å². The Morgan fingerprint density at radius 3 is 2.44 bits per heavy atom. The standard InChI is InChI=1S/C34H45ClN4O4/c1-5-7-28(12-15-40)39(6-2)31-20-27(26-10-8-25(9-11-26)22-38-13-16-43-17-14-38)19-29(32(31)35)33(41)36-21-30-23(3)18-24(4)37-34(30)42/h8-11,18-20,28,40H,5-7,12-17,21-22H2,1-4H3,(H,36,41)(H,37,42). The molecule has 0 saturated carbocycles. The number of aromatic nitrogens is 1. The summed E-state index contributed by atoms with van der Waals surface area (Å²) >= 11 is 7.03. The maximum absolute atomic E-state index is 13.7. The van der Waals surface area contributed by atoms with E-state index in [0.29, 0.717) is 29.1 Å². The monoisotopic (exact) mass is 608 g/mol. The SMILES string of the molecule is CCCC(CCO)N(CC)c1cc(-c2ccc(CN3CCOCC3)cc2)cc(C(=O)NCc2c(C)cc(C)[nH]c2=O)c1Cl. The van der Waals surface area contributed by atoms with Crippen molar-refractivity contribution < 1.29 is 14.6 Å². The molecular formula is C34H45ClN4O4. The number of benzene rings is 2. The zero-order valence-electron chi connectivity index (χ0n) is 25.8. The number of pyridine rings is 1. The van der Waals surface area contributed by atoms with Gasteiger partial charge in [0, 0.05) is 56.6 Å². The van der Waals surface area contributed by atoms with Gasteiger partial charge in [-0.3, -0.25) is 14.5 Å².